The highest BCUT2D eigenvalue weighted by molar-refractivity contribution is 5.76. The second-order valence-corrected chi connectivity index (χ2v) is 15.8. The van der Waals surface area contributed by atoms with Gasteiger partial charge in [-0.15, -0.1) is 0 Å². The van der Waals surface area contributed by atoms with Gasteiger partial charge in [-0.05, 0) is 38.5 Å². The first-order valence-corrected chi connectivity index (χ1v) is 22.4. The quantitative estimate of drug-likeness (QED) is 0.0272. The molecule has 6 N–H and O–H groups in total. The Morgan fingerprint density at radius 2 is 1.06 bits per heavy atom. The predicted molar refractivity (Wildman–Crippen MR) is 217 cm³/mol. The molecular formula is C44H85NO8. The number of unbranched alkanes of at least 4 members (excludes halogenated alkanes) is 25. The molecule has 1 rings (SSSR count). The molecule has 0 spiro atoms. The van der Waals surface area contributed by atoms with Gasteiger partial charge in [0.1, 0.15) is 24.4 Å². The van der Waals surface area contributed by atoms with Crippen LogP contribution in [0.25, 0.3) is 0 Å². The van der Waals surface area contributed by atoms with Gasteiger partial charge < -0.3 is 40.3 Å². The Bertz CT molecular complexity index is 842. The molecule has 0 aliphatic carbocycles. The monoisotopic (exact) mass is 756 g/mol. The lowest BCUT2D eigenvalue weighted by atomic mass is 9.99. The fraction of sp³-hybridized carbons (Fsp3) is 0.932. The molecule has 7 unspecified atom stereocenters. The Hall–Kier alpha value is -1.07. The summed E-state index contributed by atoms with van der Waals surface area (Å²) in [6.45, 7) is 3.82. The van der Waals surface area contributed by atoms with Gasteiger partial charge in [-0.2, -0.15) is 0 Å². The summed E-state index contributed by atoms with van der Waals surface area (Å²) < 4.78 is 11.2. The number of hydrogen-bond acceptors (Lipinski definition) is 8. The lowest BCUT2D eigenvalue weighted by Gasteiger charge is -2.40. The maximum atomic E-state index is 12.9. The number of aliphatic hydroxyl groups excluding tert-OH is 5. The average Bonchev–Trinajstić information content (AvgIpc) is 3.16. The lowest BCUT2D eigenvalue weighted by Crippen LogP contribution is -2.60. The Labute approximate surface area is 325 Å². The second-order valence-electron chi connectivity index (χ2n) is 15.8. The van der Waals surface area contributed by atoms with Crippen LogP contribution in [-0.4, -0.2) is 87.5 Å². The molecule has 1 aliphatic heterocycles. The third kappa shape index (κ3) is 26.4. The van der Waals surface area contributed by atoms with E-state index in [2.05, 4.69) is 31.3 Å². The van der Waals surface area contributed by atoms with Crippen molar-refractivity contribution < 1.29 is 39.8 Å². The van der Waals surface area contributed by atoms with E-state index in [0.717, 1.165) is 38.5 Å². The number of carbonyl (C=O) groups is 1. The van der Waals surface area contributed by atoms with Gasteiger partial charge in [0.25, 0.3) is 0 Å². The number of hydrogen-bond donors (Lipinski definition) is 6. The third-order valence-electron chi connectivity index (χ3n) is 10.9. The molecule has 0 saturated carbocycles. The maximum Gasteiger partial charge on any atom is 0.220 e. The van der Waals surface area contributed by atoms with Crippen molar-refractivity contribution in [2.75, 3.05) is 13.2 Å². The summed E-state index contributed by atoms with van der Waals surface area (Å²) in [6.07, 6.45) is 32.1. The van der Waals surface area contributed by atoms with Gasteiger partial charge in [0.05, 0.1) is 25.4 Å². The van der Waals surface area contributed by atoms with Crippen molar-refractivity contribution in [1.29, 1.82) is 0 Å². The van der Waals surface area contributed by atoms with E-state index in [9.17, 15) is 30.3 Å². The van der Waals surface area contributed by atoms with Crippen molar-refractivity contribution in [2.24, 2.45) is 0 Å². The summed E-state index contributed by atoms with van der Waals surface area (Å²) in [7, 11) is 0. The Balaban J connectivity index is 2.35. The summed E-state index contributed by atoms with van der Waals surface area (Å²) in [4.78, 5) is 12.9. The Morgan fingerprint density at radius 1 is 0.623 bits per heavy atom. The molecule has 0 aromatic carbocycles. The molecule has 0 aromatic heterocycles. The average molecular weight is 756 g/mol. The molecule has 1 fully saturated rings. The van der Waals surface area contributed by atoms with E-state index < -0.39 is 49.5 Å². The topological polar surface area (TPSA) is 149 Å². The number of ether oxygens (including phenoxy) is 2. The summed E-state index contributed by atoms with van der Waals surface area (Å²) in [5, 5.41) is 54.3. The number of amides is 1. The van der Waals surface area contributed by atoms with Crippen LogP contribution in [0.1, 0.15) is 206 Å². The summed E-state index contributed by atoms with van der Waals surface area (Å²) in [5.74, 6) is -0.149. The van der Waals surface area contributed by atoms with Crippen LogP contribution < -0.4 is 5.32 Å². The van der Waals surface area contributed by atoms with Crippen molar-refractivity contribution in [3.8, 4) is 0 Å². The highest BCUT2D eigenvalue weighted by atomic mass is 16.7. The van der Waals surface area contributed by atoms with Crippen LogP contribution >= 0.6 is 0 Å². The van der Waals surface area contributed by atoms with Crippen molar-refractivity contribution >= 4 is 5.91 Å². The molecule has 0 aromatic rings. The molecule has 1 saturated heterocycles. The molecule has 314 valence electrons. The molecular weight excluding hydrogens is 670 g/mol. The van der Waals surface area contributed by atoms with E-state index in [1.54, 1.807) is 0 Å². The summed E-state index contributed by atoms with van der Waals surface area (Å²) in [6, 6.07) is -0.716. The standard InChI is InChI=1S/C44H85NO8/c1-3-5-7-9-11-13-15-17-19-21-23-25-27-29-31-33-38(47)37(36-52-44-43(51)42(50)41(49)39(35-46)53-44)45-40(48)34-32-30-28-26-24-22-20-18-16-14-12-10-8-6-4-2/h14,16,37-39,41-44,46-47,49-51H,3-13,15,17-36H2,1-2H3,(H,45,48)/b16-14-. The maximum absolute atomic E-state index is 12.9. The van der Waals surface area contributed by atoms with E-state index in [0.29, 0.717) is 12.8 Å². The van der Waals surface area contributed by atoms with E-state index in [-0.39, 0.29) is 12.5 Å². The van der Waals surface area contributed by atoms with Crippen LogP contribution in [0.15, 0.2) is 12.2 Å². The first-order chi connectivity index (χ1) is 25.8. The minimum atomic E-state index is -1.55. The van der Waals surface area contributed by atoms with E-state index in [1.165, 1.54) is 141 Å². The zero-order valence-electron chi connectivity index (χ0n) is 34.3. The van der Waals surface area contributed by atoms with Gasteiger partial charge in [-0.25, -0.2) is 0 Å². The first-order valence-electron chi connectivity index (χ1n) is 22.4. The number of carbonyl (C=O) groups excluding carboxylic acids is 1. The largest absolute Gasteiger partial charge is 0.394 e. The van der Waals surface area contributed by atoms with Crippen LogP contribution in [0.4, 0.5) is 0 Å². The molecule has 7 atom stereocenters. The highest BCUT2D eigenvalue weighted by Gasteiger charge is 2.44. The van der Waals surface area contributed by atoms with Crippen LogP contribution in [0.5, 0.6) is 0 Å². The van der Waals surface area contributed by atoms with Crippen LogP contribution in [0.3, 0.4) is 0 Å². The summed E-state index contributed by atoms with van der Waals surface area (Å²) >= 11 is 0. The van der Waals surface area contributed by atoms with Gasteiger partial charge in [0, 0.05) is 6.42 Å². The van der Waals surface area contributed by atoms with Crippen molar-refractivity contribution in [1.82, 2.24) is 5.32 Å². The minimum Gasteiger partial charge on any atom is -0.394 e. The molecule has 1 amide bonds. The zero-order valence-corrected chi connectivity index (χ0v) is 34.3. The molecule has 9 nitrogen and oxygen atoms in total. The Morgan fingerprint density at radius 3 is 1.55 bits per heavy atom. The zero-order chi connectivity index (χ0) is 38.8. The molecule has 53 heavy (non-hydrogen) atoms. The van der Waals surface area contributed by atoms with Crippen molar-refractivity contribution in [3.05, 3.63) is 12.2 Å². The van der Waals surface area contributed by atoms with E-state index in [1.807, 2.05) is 0 Å². The molecule has 1 aliphatic rings. The number of aliphatic hydroxyl groups is 5. The smallest absolute Gasteiger partial charge is 0.220 e. The number of rotatable bonds is 37. The van der Waals surface area contributed by atoms with Gasteiger partial charge in [0.2, 0.25) is 5.91 Å². The van der Waals surface area contributed by atoms with E-state index >= 15 is 0 Å². The molecule has 9 heteroatoms. The normalized spacial score (nSPS) is 21.7. The van der Waals surface area contributed by atoms with Crippen molar-refractivity contribution in [2.45, 2.75) is 249 Å². The van der Waals surface area contributed by atoms with Crippen LogP contribution in [0, 0.1) is 0 Å². The first kappa shape index (κ1) is 49.9. The van der Waals surface area contributed by atoms with Gasteiger partial charge in [-0.1, -0.05) is 174 Å². The number of allylic oxidation sites excluding steroid dienone is 2. The number of nitrogens with one attached hydrogen (secondary N) is 1. The SMILES string of the molecule is CCCCCC/C=C\CCCCCCCCCC(=O)NC(COC1OC(CO)C(O)C(O)C1O)C(O)CCCCCCCCCCCCCCCCC. The van der Waals surface area contributed by atoms with Crippen LogP contribution in [0.2, 0.25) is 0 Å². The summed E-state index contributed by atoms with van der Waals surface area (Å²) in [5.41, 5.74) is 0. The Kier molecular flexibility index (Phi) is 33.3. The molecule has 0 bridgehead atoms. The van der Waals surface area contributed by atoms with Crippen LogP contribution in [-0.2, 0) is 14.3 Å². The molecule has 0 radical (unpaired) electrons. The van der Waals surface area contributed by atoms with Gasteiger partial charge in [0.15, 0.2) is 6.29 Å². The van der Waals surface area contributed by atoms with Crippen molar-refractivity contribution in [3.63, 3.8) is 0 Å². The predicted octanol–water partition coefficient (Wildman–Crippen LogP) is 8.95. The van der Waals surface area contributed by atoms with Gasteiger partial charge in [-0.3, -0.25) is 4.79 Å². The van der Waals surface area contributed by atoms with Gasteiger partial charge >= 0.3 is 0 Å². The third-order valence-corrected chi connectivity index (χ3v) is 10.9. The van der Waals surface area contributed by atoms with E-state index in [4.69, 9.17) is 9.47 Å². The second kappa shape index (κ2) is 35.4. The molecule has 1 heterocycles. The fourth-order valence-corrected chi connectivity index (χ4v) is 7.21. The fourth-order valence-electron chi connectivity index (χ4n) is 7.21. The highest BCUT2D eigenvalue weighted by Crippen LogP contribution is 2.23. The minimum absolute atomic E-state index is 0.137. The lowest BCUT2D eigenvalue weighted by molar-refractivity contribution is -0.302.